The fourth-order valence-corrected chi connectivity index (χ4v) is 1.90. The van der Waals surface area contributed by atoms with Gasteiger partial charge in [0.1, 0.15) is 6.04 Å². The van der Waals surface area contributed by atoms with Gasteiger partial charge in [0.25, 0.3) is 0 Å². The maximum Gasteiger partial charge on any atom is 0.326 e. The van der Waals surface area contributed by atoms with Crippen molar-refractivity contribution in [3.8, 4) is 0 Å². The van der Waals surface area contributed by atoms with Crippen LogP contribution in [0.15, 0.2) is 0 Å². The van der Waals surface area contributed by atoms with Crippen molar-refractivity contribution in [2.75, 3.05) is 7.11 Å². The van der Waals surface area contributed by atoms with Crippen LogP contribution in [0, 0.1) is 0 Å². The zero-order valence-electron chi connectivity index (χ0n) is 9.78. The Labute approximate surface area is 95.2 Å². The smallest absolute Gasteiger partial charge is 0.326 e. The van der Waals surface area contributed by atoms with Gasteiger partial charge in [-0.15, -0.1) is 0 Å². The van der Waals surface area contributed by atoms with Gasteiger partial charge in [0.2, 0.25) is 5.91 Å². The molecule has 1 rings (SSSR count). The lowest BCUT2D eigenvalue weighted by atomic mass is 9.77. The quantitative estimate of drug-likeness (QED) is 0.710. The van der Waals surface area contributed by atoms with Gasteiger partial charge in [0, 0.05) is 7.11 Å². The molecule has 2 N–H and O–H groups in total. The molecule has 5 nitrogen and oxygen atoms in total. The van der Waals surface area contributed by atoms with Crippen LogP contribution in [0.3, 0.4) is 0 Å². The molecule has 1 atom stereocenters. The molecule has 1 amide bonds. The van der Waals surface area contributed by atoms with Crippen LogP contribution in [-0.4, -0.2) is 35.7 Å². The van der Waals surface area contributed by atoms with Gasteiger partial charge in [-0.25, -0.2) is 4.79 Å². The van der Waals surface area contributed by atoms with Gasteiger partial charge in [-0.1, -0.05) is 6.92 Å². The lowest BCUT2D eigenvalue weighted by Gasteiger charge is -2.40. The van der Waals surface area contributed by atoms with Crippen molar-refractivity contribution in [2.45, 2.75) is 50.7 Å². The number of nitrogens with one attached hydrogen (secondary N) is 1. The van der Waals surface area contributed by atoms with Gasteiger partial charge in [-0.2, -0.15) is 0 Å². The predicted molar refractivity (Wildman–Crippen MR) is 58.1 cm³/mol. The van der Waals surface area contributed by atoms with Crippen LogP contribution in [0.2, 0.25) is 0 Å². The van der Waals surface area contributed by atoms with E-state index in [4.69, 9.17) is 9.84 Å². The minimum atomic E-state index is -0.990. The number of hydrogen-bond donors (Lipinski definition) is 2. The molecule has 0 radical (unpaired) electrons. The molecule has 0 aliphatic heterocycles. The summed E-state index contributed by atoms with van der Waals surface area (Å²) in [5.41, 5.74) is -0.346. The minimum Gasteiger partial charge on any atom is -0.480 e. The lowest BCUT2D eigenvalue weighted by Crippen LogP contribution is -2.47. The molecule has 0 aromatic heterocycles. The Kier molecular flexibility index (Phi) is 4.29. The highest BCUT2D eigenvalue weighted by atomic mass is 16.5. The molecule has 0 unspecified atom stereocenters. The largest absolute Gasteiger partial charge is 0.480 e. The lowest BCUT2D eigenvalue weighted by molar-refractivity contribution is -0.144. The zero-order valence-corrected chi connectivity index (χ0v) is 9.78. The van der Waals surface area contributed by atoms with Gasteiger partial charge in [-0.05, 0) is 25.7 Å². The summed E-state index contributed by atoms with van der Waals surface area (Å²) in [6, 6.07) is -0.790. The molecule has 92 valence electrons. The second kappa shape index (κ2) is 5.30. The fraction of sp³-hybridized carbons (Fsp3) is 0.818. The number of carbonyl (C=O) groups excluding carboxylic acids is 1. The van der Waals surface area contributed by atoms with E-state index in [-0.39, 0.29) is 17.9 Å². The van der Waals surface area contributed by atoms with Crippen LogP contribution in [0.25, 0.3) is 0 Å². The molecule has 0 aromatic rings. The average Bonchev–Trinajstić information content (AvgIpc) is 2.19. The molecule has 1 aliphatic carbocycles. The summed E-state index contributed by atoms with van der Waals surface area (Å²) in [5.74, 6) is -1.23. The molecule has 0 bridgehead atoms. The Morgan fingerprint density at radius 3 is 2.44 bits per heavy atom. The summed E-state index contributed by atoms with van der Waals surface area (Å²) >= 11 is 0. The molecular formula is C11H19NO4. The molecule has 0 saturated heterocycles. The fourth-order valence-electron chi connectivity index (χ4n) is 1.90. The molecule has 0 heterocycles. The average molecular weight is 229 g/mol. The Morgan fingerprint density at radius 2 is 2.12 bits per heavy atom. The van der Waals surface area contributed by atoms with E-state index in [9.17, 15) is 9.59 Å². The van der Waals surface area contributed by atoms with Crippen LogP contribution < -0.4 is 5.32 Å². The number of carboxylic acid groups (broad SMARTS) is 1. The first-order valence-electron chi connectivity index (χ1n) is 5.60. The van der Waals surface area contributed by atoms with E-state index in [1.54, 1.807) is 14.0 Å². The summed E-state index contributed by atoms with van der Waals surface area (Å²) < 4.78 is 5.31. The summed E-state index contributed by atoms with van der Waals surface area (Å²) in [7, 11) is 1.60. The second-order valence-electron chi connectivity index (χ2n) is 4.28. The Morgan fingerprint density at radius 1 is 1.50 bits per heavy atom. The molecule has 1 saturated carbocycles. The van der Waals surface area contributed by atoms with Crippen molar-refractivity contribution >= 4 is 11.9 Å². The van der Waals surface area contributed by atoms with Crippen LogP contribution in [-0.2, 0) is 14.3 Å². The van der Waals surface area contributed by atoms with E-state index in [1.165, 1.54) is 0 Å². The first-order valence-corrected chi connectivity index (χ1v) is 5.60. The third-order valence-corrected chi connectivity index (χ3v) is 3.22. The van der Waals surface area contributed by atoms with E-state index in [2.05, 4.69) is 5.32 Å². The van der Waals surface area contributed by atoms with Gasteiger partial charge in [-0.3, -0.25) is 4.79 Å². The summed E-state index contributed by atoms with van der Waals surface area (Å²) in [5, 5.41) is 11.3. The van der Waals surface area contributed by atoms with Gasteiger partial charge in [0.15, 0.2) is 0 Å². The molecule has 0 aromatic carbocycles. The molecule has 1 fully saturated rings. The standard InChI is InChI=1S/C11H19NO4/c1-3-8(10(14)15)12-9(13)7-11(16-2)5-4-6-11/h8H,3-7H2,1-2H3,(H,12,13)(H,14,15)/t8-/m1/s1. The second-order valence-corrected chi connectivity index (χ2v) is 4.28. The molecular weight excluding hydrogens is 210 g/mol. The van der Waals surface area contributed by atoms with E-state index in [0.717, 1.165) is 19.3 Å². The zero-order chi connectivity index (χ0) is 12.2. The monoisotopic (exact) mass is 229 g/mol. The Bertz CT molecular complexity index is 268. The van der Waals surface area contributed by atoms with Crippen LogP contribution in [0.5, 0.6) is 0 Å². The van der Waals surface area contributed by atoms with Crippen molar-refractivity contribution in [1.29, 1.82) is 0 Å². The van der Waals surface area contributed by atoms with E-state index < -0.39 is 12.0 Å². The topological polar surface area (TPSA) is 75.6 Å². The van der Waals surface area contributed by atoms with Crippen molar-refractivity contribution in [1.82, 2.24) is 5.32 Å². The van der Waals surface area contributed by atoms with E-state index >= 15 is 0 Å². The van der Waals surface area contributed by atoms with Gasteiger partial charge < -0.3 is 15.2 Å². The number of hydrogen-bond acceptors (Lipinski definition) is 3. The van der Waals surface area contributed by atoms with Crippen molar-refractivity contribution in [2.24, 2.45) is 0 Å². The number of methoxy groups -OCH3 is 1. The van der Waals surface area contributed by atoms with Crippen molar-refractivity contribution < 1.29 is 19.4 Å². The maximum absolute atomic E-state index is 11.6. The van der Waals surface area contributed by atoms with Crippen molar-refractivity contribution in [3.63, 3.8) is 0 Å². The molecule has 1 aliphatic rings. The van der Waals surface area contributed by atoms with Gasteiger partial charge >= 0.3 is 5.97 Å². The van der Waals surface area contributed by atoms with E-state index in [1.807, 2.05) is 0 Å². The van der Waals surface area contributed by atoms with Crippen LogP contribution >= 0.6 is 0 Å². The summed E-state index contributed by atoms with van der Waals surface area (Å²) in [6.45, 7) is 1.73. The normalized spacial score (nSPS) is 19.6. The number of rotatable bonds is 6. The predicted octanol–water partition coefficient (Wildman–Crippen LogP) is 0.925. The molecule has 16 heavy (non-hydrogen) atoms. The van der Waals surface area contributed by atoms with Gasteiger partial charge in [0.05, 0.1) is 12.0 Å². The van der Waals surface area contributed by atoms with Crippen molar-refractivity contribution in [3.05, 3.63) is 0 Å². The third-order valence-electron chi connectivity index (χ3n) is 3.22. The Balaban J connectivity index is 2.43. The first-order chi connectivity index (χ1) is 7.53. The highest BCUT2D eigenvalue weighted by Crippen LogP contribution is 2.37. The number of ether oxygens (including phenoxy) is 1. The summed E-state index contributed by atoms with van der Waals surface area (Å²) in [6.07, 6.45) is 3.47. The maximum atomic E-state index is 11.6. The SMILES string of the molecule is CC[C@@H](NC(=O)CC1(OC)CCC1)C(=O)O. The molecule has 0 spiro atoms. The number of carboxylic acids is 1. The Hall–Kier alpha value is -1.10. The highest BCUT2D eigenvalue weighted by Gasteiger charge is 2.39. The highest BCUT2D eigenvalue weighted by molar-refractivity contribution is 5.84. The third kappa shape index (κ3) is 2.95. The first kappa shape index (κ1) is 13.0. The minimum absolute atomic E-state index is 0.240. The molecule has 5 heteroatoms. The van der Waals surface area contributed by atoms with Crippen LogP contribution in [0.1, 0.15) is 39.0 Å². The number of amides is 1. The number of carbonyl (C=O) groups is 2. The number of aliphatic carboxylic acids is 1. The summed E-state index contributed by atoms with van der Waals surface area (Å²) in [4.78, 5) is 22.4. The van der Waals surface area contributed by atoms with Crippen LogP contribution in [0.4, 0.5) is 0 Å². The van der Waals surface area contributed by atoms with E-state index in [0.29, 0.717) is 6.42 Å².